The first-order chi connectivity index (χ1) is 14.8. The summed E-state index contributed by atoms with van der Waals surface area (Å²) in [5.41, 5.74) is 0. The van der Waals surface area contributed by atoms with Crippen molar-refractivity contribution in [3.8, 4) is 5.75 Å². The van der Waals surface area contributed by atoms with E-state index in [-0.39, 0.29) is 22.4 Å². The highest BCUT2D eigenvalue weighted by atomic mass is 32.2. The summed E-state index contributed by atoms with van der Waals surface area (Å²) in [6.45, 7) is 2.29. The van der Waals surface area contributed by atoms with Gasteiger partial charge in [-0.2, -0.15) is 0 Å². The molecule has 10 heteroatoms. The molecule has 0 bridgehead atoms. The zero-order chi connectivity index (χ0) is 22.1. The van der Waals surface area contributed by atoms with Gasteiger partial charge in [0.15, 0.2) is 19.7 Å². The van der Waals surface area contributed by atoms with Gasteiger partial charge in [0.05, 0.1) is 41.1 Å². The number of likely N-dealkylation sites (tertiary alicyclic amines) is 1. The highest BCUT2D eigenvalue weighted by molar-refractivity contribution is 7.96. The number of furan rings is 1. The molecule has 0 radical (unpaired) electrons. The fourth-order valence-corrected chi connectivity index (χ4v) is 9.18. The molecule has 2 aromatic rings. The first kappa shape index (κ1) is 22.3. The Balaban J connectivity index is 1.55. The van der Waals surface area contributed by atoms with Crippen LogP contribution in [-0.2, 0) is 19.7 Å². The number of sulfone groups is 2. The second kappa shape index (κ2) is 8.93. The number of nitrogens with zero attached hydrogens (tertiary/aromatic N) is 1. The molecular weight excluding hydrogens is 440 g/mol. The second-order valence-corrected chi connectivity index (χ2v) is 12.4. The highest BCUT2D eigenvalue weighted by Crippen LogP contribution is 2.29. The normalized spacial score (nSPS) is 24.9. The summed E-state index contributed by atoms with van der Waals surface area (Å²) >= 11 is 0. The van der Waals surface area contributed by atoms with Gasteiger partial charge in [-0.3, -0.25) is 4.90 Å². The summed E-state index contributed by atoms with van der Waals surface area (Å²) < 4.78 is 62.1. The third-order valence-electron chi connectivity index (χ3n) is 6.11. The lowest BCUT2D eigenvalue weighted by atomic mass is 10.1. The number of hydrogen-bond donors (Lipinski definition) is 1. The van der Waals surface area contributed by atoms with Crippen molar-refractivity contribution >= 4 is 19.7 Å². The molecule has 0 aliphatic carbocycles. The van der Waals surface area contributed by atoms with E-state index >= 15 is 0 Å². The summed E-state index contributed by atoms with van der Waals surface area (Å²) in [6, 6.07) is 9.05. The van der Waals surface area contributed by atoms with Crippen molar-refractivity contribution in [3.63, 3.8) is 0 Å². The van der Waals surface area contributed by atoms with Crippen LogP contribution < -0.4 is 10.1 Å². The highest BCUT2D eigenvalue weighted by Gasteiger charge is 2.46. The molecule has 31 heavy (non-hydrogen) atoms. The summed E-state index contributed by atoms with van der Waals surface area (Å²) in [7, 11) is -5.81. The second-order valence-electron chi connectivity index (χ2n) is 8.12. The van der Waals surface area contributed by atoms with Crippen molar-refractivity contribution in [2.24, 2.45) is 0 Å². The van der Waals surface area contributed by atoms with Crippen LogP contribution in [0.4, 0.5) is 0 Å². The number of benzene rings is 1. The number of ether oxygens (including phenoxy) is 1. The predicted octanol–water partition coefficient (Wildman–Crippen LogP) is 1.65. The van der Waals surface area contributed by atoms with Gasteiger partial charge >= 0.3 is 0 Å². The molecule has 1 N–H and O–H groups in total. The molecule has 3 atom stereocenters. The lowest BCUT2D eigenvalue weighted by molar-refractivity contribution is 0.206. The average molecular weight is 469 g/mol. The molecule has 2 saturated heterocycles. The summed E-state index contributed by atoms with van der Waals surface area (Å²) in [6.07, 6.45) is 3.82. The van der Waals surface area contributed by atoms with Gasteiger partial charge in [-0.1, -0.05) is 0 Å². The van der Waals surface area contributed by atoms with Crippen molar-refractivity contribution < 1.29 is 26.0 Å². The molecule has 0 saturated carbocycles. The Bertz CT molecular complexity index is 1080. The van der Waals surface area contributed by atoms with E-state index in [0.717, 1.165) is 31.7 Å². The third kappa shape index (κ3) is 4.82. The van der Waals surface area contributed by atoms with Crippen LogP contribution in [0, 0.1) is 0 Å². The average Bonchev–Trinajstić information content (AvgIpc) is 3.50. The number of nitrogens with one attached hydrogen (secondary N) is 1. The minimum Gasteiger partial charge on any atom is -0.497 e. The maximum atomic E-state index is 13.3. The standard InChI is InChI=1S/C21H28N2O6S2/c1-28-16-6-8-17(9-7-16)31(26,27)21-15-30(24,25)14-18(21)22-13-19(20-5-4-12-29-20)23-10-2-3-11-23/h4-9,12,18-19,21-22H,2-3,10-11,13-15H2,1H3/t18-,19?,21-/m0/s1. The van der Waals surface area contributed by atoms with E-state index in [2.05, 4.69) is 10.2 Å². The molecular formula is C21H28N2O6S2. The van der Waals surface area contributed by atoms with Crippen LogP contribution in [0.15, 0.2) is 52.0 Å². The Morgan fingerprint density at radius 1 is 1.16 bits per heavy atom. The van der Waals surface area contributed by atoms with Crippen molar-refractivity contribution in [3.05, 3.63) is 48.4 Å². The number of hydrogen-bond acceptors (Lipinski definition) is 8. The van der Waals surface area contributed by atoms with Crippen molar-refractivity contribution in [1.29, 1.82) is 0 Å². The van der Waals surface area contributed by atoms with E-state index in [4.69, 9.17) is 9.15 Å². The van der Waals surface area contributed by atoms with Gasteiger partial charge in [0.1, 0.15) is 11.5 Å². The van der Waals surface area contributed by atoms with Gasteiger partial charge in [-0.15, -0.1) is 0 Å². The van der Waals surface area contributed by atoms with E-state index in [1.165, 1.54) is 19.2 Å². The molecule has 3 heterocycles. The Morgan fingerprint density at radius 3 is 2.48 bits per heavy atom. The molecule has 1 unspecified atom stereocenters. The van der Waals surface area contributed by atoms with Crippen LogP contribution in [0.25, 0.3) is 0 Å². The molecule has 0 amide bonds. The molecule has 0 spiro atoms. The Hall–Kier alpha value is -1.88. The first-order valence-corrected chi connectivity index (χ1v) is 13.8. The predicted molar refractivity (Wildman–Crippen MR) is 117 cm³/mol. The molecule has 8 nitrogen and oxygen atoms in total. The quantitative estimate of drug-likeness (QED) is 0.624. The largest absolute Gasteiger partial charge is 0.497 e. The first-order valence-electron chi connectivity index (χ1n) is 10.4. The maximum Gasteiger partial charge on any atom is 0.183 e. The molecule has 2 fully saturated rings. The summed E-state index contributed by atoms with van der Waals surface area (Å²) in [5, 5.41) is 2.23. The fourth-order valence-electron chi connectivity index (χ4n) is 4.46. The van der Waals surface area contributed by atoms with Crippen LogP contribution in [0.1, 0.15) is 24.6 Å². The minimum absolute atomic E-state index is 0.0647. The zero-order valence-corrected chi connectivity index (χ0v) is 19.1. The van der Waals surface area contributed by atoms with Crippen LogP contribution in [0.2, 0.25) is 0 Å². The van der Waals surface area contributed by atoms with Crippen molar-refractivity contribution in [1.82, 2.24) is 10.2 Å². The van der Waals surface area contributed by atoms with Gasteiger partial charge in [0.2, 0.25) is 0 Å². The topological polar surface area (TPSA) is 106 Å². The third-order valence-corrected chi connectivity index (χ3v) is 10.3. The van der Waals surface area contributed by atoms with Gasteiger partial charge in [-0.05, 0) is 62.3 Å². The zero-order valence-electron chi connectivity index (χ0n) is 17.4. The lowest BCUT2D eigenvalue weighted by Gasteiger charge is -2.28. The van der Waals surface area contributed by atoms with Crippen LogP contribution in [0.3, 0.4) is 0 Å². The van der Waals surface area contributed by atoms with E-state index < -0.39 is 31.0 Å². The summed E-state index contributed by atoms with van der Waals surface area (Å²) in [5.74, 6) is 0.760. The molecule has 2 aliphatic heterocycles. The minimum atomic E-state index is -3.84. The molecule has 4 rings (SSSR count). The van der Waals surface area contributed by atoms with E-state index in [1.54, 1.807) is 18.4 Å². The Labute approximate surface area is 183 Å². The molecule has 2 aliphatic rings. The maximum absolute atomic E-state index is 13.3. The van der Waals surface area contributed by atoms with Gasteiger partial charge in [-0.25, -0.2) is 16.8 Å². The molecule has 1 aromatic carbocycles. The molecule has 1 aromatic heterocycles. The van der Waals surface area contributed by atoms with E-state index in [0.29, 0.717) is 12.3 Å². The van der Waals surface area contributed by atoms with E-state index in [9.17, 15) is 16.8 Å². The number of methoxy groups -OCH3 is 1. The van der Waals surface area contributed by atoms with Crippen LogP contribution in [-0.4, -0.2) is 71.3 Å². The van der Waals surface area contributed by atoms with Gasteiger partial charge < -0.3 is 14.5 Å². The van der Waals surface area contributed by atoms with Crippen molar-refractivity contribution in [2.45, 2.75) is 35.1 Å². The lowest BCUT2D eigenvalue weighted by Crippen LogP contribution is -2.46. The van der Waals surface area contributed by atoms with Crippen LogP contribution >= 0.6 is 0 Å². The smallest absolute Gasteiger partial charge is 0.183 e. The van der Waals surface area contributed by atoms with Crippen LogP contribution in [0.5, 0.6) is 5.75 Å². The number of rotatable bonds is 8. The van der Waals surface area contributed by atoms with Gasteiger partial charge in [0.25, 0.3) is 0 Å². The Kier molecular flexibility index (Phi) is 6.43. The molecule has 170 valence electrons. The van der Waals surface area contributed by atoms with Crippen molar-refractivity contribution in [2.75, 3.05) is 38.2 Å². The monoisotopic (exact) mass is 468 g/mol. The van der Waals surface area contributed by atoms with Gasteiger partial charge in [0, 0.05) is 12.6 Å². The fraction of sp³-hybridized carbons (Fsp3) is 0.524. The van der Waals surface area contributed by atoms with E-state index in [1.807, 2.05) is 12.1 Å². The SMILES string of the molecule is COc1ccc(S(=O)(=O)[C@H]2CS(=O)(=O)C[C@@H]2NCC(c2ccco2)N2CCCC2)cc1. The Morgan fingerprint density at radius 2 is 1.87 bits per heavy atom. The summed E-state index contributed by atoms with van der Waals surface area (Å²) in [4.78, 5) is 2.40.